The summed E-state index contributed by atoms with van der Waals surface area (Å²) >= 11 is 0. The van der Waals surface area contributed by atoms with Crippen LogP contribution in [0.5, 0.6) is 0 Å². The van der Waals surface area contributed by atoms with Crippen LogP contribution < -0.4 is 0 Å². The summed E-state index contributed by atoms with van der Waals surface area (Å²) < 4.78 is 12.8. The maximum absolute atomic E-state index is 12.6. The number of para-hydroxylation sites is 1. The number of epoxide rings is 1. The van der Waals surface area contributed by atoms with Crippen molar-refractivity contribution in [2.45, 2.75) is 93.9 Å². The Hall–Kier alpha value is -1.66. The lowest BCUT2D eigenvalue weighted by molar-refractivity contribution is -0.265. The van der Waals surface area contributed by atoms with Crippen molar-refractivity contribution in [3.8, 4) is 0 Å². The van der Waals surface area contributed by atoms with Crippen molar-refractivity contribution >= 4 is 10.9 Å². The Kier molecular flexibility index (Phi) is 3.52. The van der Waals surface area contributed by atoms with Crippen molar-refractivity contribution in [1.82, 2.24) is 4.98 Å². The average Bonchev–Trinajstić information content (AvgIpc) is 3.34. The highest BCUT2D eigenvalue weighted by Crippen LogP contribution is 2.74. The highest BCUT2D eigenvalue weighted by atomic mass is 16.7. The zero-order chi connectivity index (χ0) is 22.3. The fourth-order valence-electron chi connectivity index (χ4n) is 8.79. The number of aliphatic hydroxyl groups excluding tert-OH is 1. The molecule has 2 aliphatic heterocycles. The number of benzene rings is 1. The maximum atomic E-state index is 12.6. The third-order valence-electron chi connectivity index (χ3n) is 10.6. The molecule has 5 heteroatoms. The largest absolute Gasteiger partial charge is 0.387 e. The molecule has 2 saturated carbocycles. The van der Waals surface area contributed by atoms with Crippen molar-refractivity contribution < 1.29 is 19.7 Å². The van der Waals surface area contributed by atoms with E-state index < -0.39 is 29.5 Å². The number of aliphatic hydroxyl groups is 2. The molecule has 7 rings (SSSR count). The molecule has 9 atom stereocenters. The van der Waals surface area contributed by atoms with Gasteiger partial charge in [0, 0.05) is 27.4 Å². The molecule has 1 aromatic carbocycles. The summed E-state index contributed by atoms with van der Waals surface area (Å²) in [6.07, 6.45) is 2.57. The minimum absolute atomic E-state index is 0.194. The monoisotopic (exact) mass is 435 g/mol. The second-order valence-corrected chi connectivity index (χ2v) is 11.6. The van der Waals surface area contributed by atoms with E-state index in [1.165, 1.54) is 22.2 Å². The summed E-state index contributed by atoms with van der Waals surface area (Å²) in [5.74, 6) is 0.487. The molecule has 0 bridgehead atoms. The third kappa shape index (κ3) is 1.84. The Labute approximate surface area is 188 Å². The van der Waals surface area contributed by atoms with Crippen LogP contribution in [0.15, 0.2) is 36.4 Å². The predicted molar refractivity (Wildman–Crippen MR) is 121 cm³/mol. The lowest BCUT2D eigenvalue weighted by Gasteiger charge is -2.66. The van der Waals surface area contributed by atoms with Gasteiger partial charge in [-0.1, -0.05) is 38.6 Å². The summed E-state index contributed by atoms with van der Waals surface area (Å²) in [4.78, 5) is 3.78. The lowest BCUT2D eigenvalue weighted by Crippen LogP contribution is -2.76. The van der Waals surface area contributed by atoms with E-state index in [9.17, 15) is 10.2 Å². The average molecular weight is 436 g/mol. The molecule has 2 aromatic rings. The Morgan fingerprint density at radius 3 is 2.75 bits per heavy atom. The van der Waals surface area contributed by atoms with Gasteiger partial charge in [-0.2, -0.15) is 0 Å². The molecule has 5 aliphatic rings. The van der Waals surface area contributed by atoms with Crippen LogP contribution in [-0.4, -0.2) is 50.8 Å². The van der Waals surface area contributed by atoms with Gasteiger partial charge in [0.2, 0.25) is 0 Å². The summed E-state index contributed by atoms with van der Waals surface area (Å²) in [7, 11) is 0. The Bertz CT molecular complexity index is 1170. The van der Waals surface area contributed by atoms with E-state index in [-0.39, 0.29) is 16.9 Å². The van der Waals surface area contributed by atoms with E-state index in [4.69, 9.17) is 9.47 Å². The molecule has 1 spiro atoms. The van der Waals surface area contributed by atoms with E-state index in [0.29, 0.717) is 12.3 Å². The fraction of sp³-hybridized carbons (Fsp3) is 0.630. The van der Waals surface area contributed by atoms with Gasteiger partial charge in [-0.05, 0) is 62.1 Å². The first-order valence-electron chi connectivity index (χ1n) is 12.2. The van der Waals surface area contributed by atoms with Crippen LogP contribution in [0.1, 0.15) is 57.7 Å². The number of rotatable bonds is 1. The van der Waals surface area contributed by atoms with Gasteiger partial charge in [0.15, 0.2) is 5.60 Å². The summed E-state index contributed by atoms with van der Waals surface area (Å²) in [6.45, 7) is 10.6. The molecule has 3 heterocycles. The minimum atomic E-state index is -1.06. The quantitative estimate of drug-likeness (QED) is 0.471. The van der Waals surface area contributed by atoms with E-state index in [2.05, 4.69) is 49.7 Å². The van der Waals surface area contributed by atoms with Crippen LogP contribution in [-0.2, 0) is 21.3 Å². The van der Waals surface area contributed by atoms with Gasteiger partial charge < -0.3 is 24.7 Å². The van der Waals surface area contributed by atoms with Crippen molar-refractivity contribution in [3.63, 3.8) is 0 Å². The number of aromatic nitrogens is 1. The molecule has 2 saturated heterocycles. The van der Waals surface area contributed by atoms with E-state index in [0.717, 1.165) is 31.3 Å². The molecule has 32 heavy (non-hydrogen) atoms. The SMILES string of the molecule is C=C(C)C1OC2CCC3(C)C4(C)c5[nH]c6ccccc6c5CC4CCC3(O)C23OC3C1O. The van der Waals surface area contributed by atoms with Crippen LogP contribution in [0.25, 0.3) is 10.9 Å². The molecular formula is C27H33NO4. The van der Waals surface area contributed by atoms with Crippen LogP contribution in [0.2, 0.25) is 0 Å². The Morgan fingerprint density at radius 2 is 1.97 bits per heavy atom. The minimum Gasteiger partial charge on any atom is -0.387 e. The highest BCUT2D eigenvalue weighted by Gasteiger charge is 2.86. The summed E-state index contributed by atoms with van der Waals surface area (Å²) in [6, 6.07) is 8.57. The fourth-order valence-corrected chi connectivity index (χ4v) is 8.79. The third-order valence-corrected chi connectivity index (χ3v) is 10.6. The van der Waals surface area contributed by atoms with Gasteiger partial charge in [0.1, 0.15) is 23.9 Å². The van der Waals surface area contributed by atoms with Crippen molar-refractivity contribution in [2.75, 3.05) is 0 Å². The molecule has 5 nitrogen and oxygen atoms in total. The zero-order valence-corrected chi connectivity index (χ0v) is 19.1. The molecule has 0 radical (unpaired) electrons. The first-order valence-corrected chi connectivity index (χ1v) is 12.2. The molecule has 9 unspecified atom stereocenters. The number of hydrogen-bond acceptors (Lipinski definition) is 4. The van der Waals surface area contributed by atoms with E-state index in [1.807, 2.05) is 6.92 Å². The second-order valence-electron chi connectivity index (χ2n) is 11.6. The Morgan fingerprint density at radius 1 is 1.19 bits per heavy atom. The predicted octanol–water partition coefficient (Wildman–Crippen LogP) is 3.76. The first kappa shape index (κ1) is 19.8. The molecule has 0 amide bonds. The van der Waals surface area contributed by atoms with E-state index >= 15 is 0 Å². The number of nitrogens with one attached hydrogen (secondary N) is 1. The highest BCUT2D eigenvalue weighted by molar-refractivity contribution is 5.86. The zero-order valence-electron chi connectivity index (χ0n) is 19.1. The van der Waals surface area contributed by atoms with Crippen LogP contribution in [0.3, 0.4) is 0 Å². The smallest absolute Gasteiger partial charge is 0.153 e. The number of H-pyrrole nitrogens is 1. The molecular weight excluding hydrogens is 402 g/mol. The van der Waals surface area contributed by atoms with Crippen molar-refractivity contribution in [2.24, 2.45) is 11.3 Å². The number of aromatic amines is 1. The standard InChI is InChI=1S/C27H33NO4/c1-14(2)21-20(29)23-27(32-23)19(31-21)10-11-24(3)25(4)15(9-12-26(24,27)30)13-17-16-7-5-6-8-18(16)28-22(17)25/h5-8,15,19-21,23,28-30H,1,9-13H2,2-4H3. The number of ether oxygens (including phenoxy) is 2. The van der Waals surface area contributed by atoms with E-state index in [1.54, 1.807) is 0 Å². The van der Waals surface area contributed by atoms with Gasteiger partial charge in [0.05, 0.1) is 6.10 Å². The first-order chi connectivity index (χ1) is 15.2. The normalized spacial score (nSPS) is 50.7. The van der Waals surface area contributed by atoms with Gasteiger partial charge in [-0.3, -0.25) is 0 Å². The van der Waals surface area contributed by atoms with Gasteiger partial charge in [-0.15, -0.1) is 0 Å². The van der Waals surface area contributed by atoms with Crippen LogP contribution in [0.4, 0.5) is 0 Å². The second kappa shape index (κ2) is 5.69. The molecule has 4 fully saturated rings. The molecule has 170 valence electrons. The lowest BCUT2D eigenvalue weighted by atomic mass is 9.40. The molecule has 3 aliphatic carbocycles. The van der Waals surface area contributed by atoms with Gasteiger partial charge in [0.25, 0.3) is 0 Å². The number of hydrogen-bond donors (Lipinski definition) is 3. The van der Waals surface area contributed by atoms with Gasteiger partial charge in [-0.25, -0.2) is 0 Å². The van der Waals surface area contributed by atoms with Crippen molar-refractivity contribution in [3.05, 3.63) is 47.7 Å². The summed E-state index contributed by atoms with van der Waals surface area (Å²) in [5.41, 5.74) is 2.26. The molecule has 3 N–H and O–H groups in total. The van der Waals surface area contributed by atoms with Crippen molar-refractivity contribution in [1.29, 1.82) is 0 Å². The summed E-state index contributed by atoms with van der Waals surface area (Å²) in [5, 5.41) is 25.0. The van der Waals surface area contributed by atoms with Crippen LogP contribution >= 0.6 is 0 Å². The molecule has 1 aromatic heterocycles. The topological polar surface area (TPSA) is 78.0 Å². The number of fused-ring (bicyclic) bond motifs is 7. The van der Waals surface area contributed by atoms with Crippen LogP contribution in [0, 0.1) is 11.3 Å². The maximum Gasteiger partial charge on any atom is 0.153 e. The Balaban J connectivity index is 1.38. The van der Waals surface area contributed by atoms with Gasteiger partial charge >= 0.3 is 0 Å².